The van der Waals surface area contributed by atoms with Gasteiger partial charge in [-0.3, -0.25) is 0 Å². The number of rotatable bonds is 2. The van der Waals surface area contributed by atoms with Gasteiger partial charge in [0, 0.05) is 0 Å². The van der Waals surface area contributed by atoms with Gasteiger partial charge in [-0.1, -0.05) is 36.5 Å². The highest BCUT2D eigenvalue weighted by molar-refractivity contribution is 6.38. The molecule has 104 valence electrons. The minimum Gasteiger partial charge on any atom is -0.458 e. The van der Waals surface area contributed by atoms with Crippen LogP contribution < -0.4 is 5.73 Å². The molecule has 1 saturated carbocycles. The molecule has 0 amide bonds. The maximum atomic E-state index is 12.2. The molecule has 3 nitrogen and oxygen atoms in total. The van der Waals surface area contributed by atoms with Gasteiger partial charge in [-0.15, -0.1) is 0 Å². The van der Waals surface area contributed by atoms with Gasteiger partial charge in [-0.05, 0) is 37.3 Å². The van der Waals surface area contributed by atoms with Gasteiger partial charge in [-0.2, -0.15) is 0 Å². The molecule has 5 heteroatoms. The minimum atomic E-state index is -0.483. The van der Waals surface area contributed by atoms with Crippen molar-refractivity contribution in [2.75, 3.05) is 5.73 Å². The third-order valence-electron chi connectivity index (χ3n) is 3.64. The van der Waals surface area contributed by atoms with E-state index in [1.54, 1.807) is 12.1 Å². The van der Waals surface area contributed by atoms with E-state index in [0.717, 1.165) is 19.3 Å². The number of carbonyl (C=O) groups excluding carboxylic acids is 1. The Hall–Kier alpha value is -0.930. The van der Waals surface area contributed by atoms with Gasteiger partial charge in [0.25, 0.3) is 0 Å². The zero-order chi connectivity index (χ0) is 14.0. The highest BCUT2D eigenvalue weighted by Gasteiger charge is 2.27. The average molecular weight is 302 g/mol. The van der Waals surface area contributed by atoms with Crippen LogP contribution in [-0.2, 0) is 4.74 Å². The third kappa shape index (κ3) is 3.15. The van der Waals surface area contributed by atoms with E-state index >= 15 is 0 Å². The second kappa shape index (κ2) is 6.02. The lowest BCUT2D eigenvalue weighted by atomic mass is 9.88. The molecule has 2 atom stereocenters. The monoisotopic (exact) mass is 301 g/mol. The van der Waals surface area contributed by atoms with E-state index in [0.29, 0.717) is 10.9 Å². The van der Waals surface area contributed by atoms with E-state index < -0.39 is 5.97 Å². The summed E-state index contributed by atoms with van der Waals surface area (Å²) in [5.41, 5.74) is 6.16. The van der Waals surface area contributed by atoms with Crippen LogP contribution in [-0.4, -0.2) is 12.1 Å². The molecule has 2 rings (SSSR count). The molecule has 0 aliphatic heterocycles. The molecule has 0 aromatic heterocycles. The molecular weight excluding hydrogens is 285 g/mol. The van der Waals surface area contributed by atoms with Crippen LogP contribution in [0, 0.1) is 5.92 Å². The number of benzene rings is 1. The first-order chi connectivity index (χ1) is 9.00. The lowest BCUT2D eigenvalue weighted by Gasteiger charge is -2.28. The maximum Gasteiger partial charge on any atom is 0.342 e. The van der Waals surface area contributed by atoms with E-state index in [9.17, 15) is 4.79 Å². The molecule has 0 saturated heterocycles. The lowest BCUT2D eigenvalue weighted by molar-refractivity contribution is 0.00495. The summed E-state index contributed by atoms with van der Waals surface area (Å²) < 4.78 is 5.54. The largest absolute Gasteiger partial charge is 0.458 e. The molecule has 1 aromatic rings. The Morgan fingerprint density at radius 2 is 1.89 bits per heavy atom. The number of anilines is 1. The lowest BCUT2D eigenvalue weighted by Crippen LogP contribution is -2.28. The van der Waals surface area contributed by atoms with E-state index in [2.05, 4.69) is 6.92 Å². The Morgan fingerprint density at radius 1 is 1.26 bits per heavy atom. The Balaban J connectivity index is 2.18. The number of ether oxygens (including phenoxy) is 1. The molecule has 2 unspecified atom stereocenters. The van der Waals surface area contributed by atoms with Crippen LogP contribution in [0.15, 0.2) is 12.1 Å². The molecule has 1 aliphatic rings. The molecule has 0 radical (unpaired) electrons. The summed E-state index contributed by atoms with van der Waals surface area (Å²) in [5.74, 6) is -0.111. The molecule has 0 bridgehead atoms. The van der Waals surface area contributed by atoms with Crippen LogP contribution in [0.5, 0.6) is 0 Å². The fourth-order valence-electron chi connectivity index (χ4n) is 2.43. The molecule has 1 aliphatic carbocycles. The number of esters is 1. The summed E-state index contributed by atoms with van der Waals surface area (Å²) in [6.07, 6.45) is 4.19. The summed E-state index contributed by atoms with van der Waals surface area (Å²) in [4.78, 5) is 12.2. The second-order valence-corrected chi connectivity index (χ2v) is 5.84. The second-order valence-electron chi connectivity index (χ2n) is 5.02. The van der Waals surface area contributed by atoms with Gasteiger partial charge >= 0.3 is 5.97 Å². The smallest absolute Gasteiger partial charge is 0.342 e. The van der Waals surface area contributed by atoms with Gasteiger partial charge < -0.3 is 10.5 Å². The standard InChI is InChI=1S/C14H17Cl2NO2/c1-8-4-2-3-5-11(8)19-14(18)12-9(15)6-7-10(16)13(12)17/h6-8,11H,2-5,17H2,1H3. The van der Waals surface area contributed by atoms with Gasteiger partial charge in [0.15, 0.2) is 0 Å². The fraction of sp³-hybridized carbons (Fsp3) is 0.500. The van der Waals surface area contributed by atoms with Crippen molar-refractivity contribution in [1.29, 1.82) is 0 Å². The van der Waals surface area contributed by atoms with Crippen LogP contribution in [0.4, 0.5) is 5.69 Å². The fourth-order valence-corrected chi connectivity index (χ4v) is 2.83. The molecule has 19 heavy (non-hydrogen) atoms. The summed E-state index contributed by atoms with van der Waals surface area (Å²) in [5, 5.41) is 0.586. The number of halogens is 2. The molecule has 1 aromatic carbocycles. The molecule has 1 fully saturated rings. The number of hydrogen-bond donors (Lipinski definition) is 1. The van der Waals surface area contributed by atoms with Crippen LogP contribution in [0.3, 0.4) is 0 Å². The first-order valence-corrected chi connectivity index (χ1v) is 7.20. The van der Waals surface area contributed by atoms with Crippen molar-refractivity contribution in [2.45, 2.75) is 38.7 Å². The van der Waals surface area contributed by atoms with E-state index in [1.807, 2.05) is 0 Å². The van der Waals surface area contributed by atoms with Crippen molar-refractivity contribution in [1.82, 2.24) is 0 Å². The van der Waals surface area contributed by atoms with Crippen LogP contribution in [0.2, 0.25) is 10.0 Å². The van der Waals surface area contributed by atoms with Gasteiger partial charge in [0.05, 0.1) is 15.7 Å². The van der Waals surface area contributed by atoms with Crippen LogP contribution in [0.25, 0.3) is 0 Å². The SMILES string of the molecule is CC1CCCCC1OC(=O)c1c(Cl)ccc(Cl)c1N. The minimum absolute atomic E-state index is 0.0595. The Labute approximate surface area is 123 Å². The maximum absolute atomic E-state index is 12.2. The summed E-state index contributed by atoms with van der Waals surface area (Å²) in [6, 6.07) is 3.13. The number of nitrogens with two attached hydrogens (primary N) is 1. The molecule has 0 heterocycles. The topological polar surface area (TPSA) is 52.3 Å². The van der Waals surface area contributed by atoms with Crippen LogP contribution in [0.1, 0.15) is 43.0 Å². The first-order valence-electron chi connectivity index (χ1n) is 6.45. The predicted octanol–water partition coefficient (Wildman–Crippen LogP) is 4.31. The zero-order valence-corrected chi connectivity index (χ0v) is 12.3. The van der Waals surface area contributed by atoms with E-state index in [4.69, 9.17) is 33.7 Å². The van der Waals surface area contributed by atoms with Gasteiger partial charge in [-0.25, -0.2) is 4.79 Å². The highest BCUT2D eigenvalue weighted by Crippen LogP contribution is 2.32. The first kappa shape index (κ1) is 14.5. The van der Waals surface area contributed by atoms with Crippen molar-refractivity contribution in [3.05, 3.63) is 27.7 Å². The highest BCUT2D eigenvalue weighted by atomic mass is 35.5. The average Bonchev–Trinajstić information content (AvgIpc) is 2.37. The number of nitrogen functional groups attached to an aromatic ring is 1. The van der Waals surface area contributed by atoms with Gasteiger partial charge in [0.1, 0.15) is 11.7 Å². The summed E-state index contributed by atoms with van der Waals surface area (Å²) in [7, 11) is 0. The number of hydrogen-bond acceptors (Lipinski definition) is 3. The summed E-state index contributed by atoms with van der Waals surface area (Å²) >= 11 is 11.9. The van der Waals surface area contributed by atoms with Crippen molar-refractivity contribution < 1.29 is 9.53 Å². The van der Waals surface area contributed by atoms with Crippen molar-refractivity contribution in [2.24, 2.45) is 5.92 Å². The molecule has 0 spiro atoms. The zero-order valence-electron chi connectivity index (χ0n) is 10.8. The Bertz CT molecular complexity index is 491. The molecule has 2 N–H and O–H groups in total. The van der Waals surface area contributed by atoms with Crippen molar-refractivity contribution in [3.63, 3.8) is 0 Å². The molecular formula is C14H17Cl2NO2. The predicted molar refractivity (Wildman–Crippen MR) is 77.7 cm³/mol. The Kier molecular flexibility index (Phi) is 4.58. The third-order valence-corrected chi connectivity index (χ3v) is 4.28. The number of carbonyl (C=O) groups is 1. The van der Waals surface area contributed by atoms with E-state index in [-0.39, 0.29) is 22.4 Å². The Morgan fingerprint density at radius 3 is 2.58 bits per heavy atom. The van der Waals surface area contributed by atoms with Crippen molar-refractivity contribution in [3.8, 4) is 0 Å². The van der Waals surface area contributed by atoms with Crippen molar-refractivity contribution >= 4 is 34.9 Å². The van der Waals surface area contributed by atoms with Gasteiger partial charge in [0.2, 0.25) is 0 Å². The quantitative estimate of drug-likeness (QED) is 0.654. The van der Waals surface area contributed by atoms with Crippen LogP contribution >= 0.6 is 23.2 Å². The normalized spacial score (nSPS) is 23.1. The summed E-state index contributed by atoms with van der Waals surface area (Å²) in [6.45, 7) is 2.10. The van der Waals surface area contributed by atoms with E-state index in [1.165, 1.54) is 6.42 Å².